The van der Waals surface area contributed by atoms with Crippen molar-refractivity contribution in [2.45, 2.75) is 0 Å². The molecule has 0 fully saturated rings. The highest BCUT2D eigenvalue weighted by Gasteiger charge is 2.09. The molecule has 6 heteroatoms. The molecule has 0 aromatic heterocycles. The van der Waals surface area contributed by atoms with E-state index < -0.39 is 5.82 Å². The van der Waals surface area contributed by atoms with E-state index >= 15 is 0 Å². The van der Waals surface area contributed by atoms with Crippen LogP contribution in [0.15, 0.2) is 18.2 Å². The Hall–Kier alpha value is -1.27. The fraction of sp³-hybridized carbons (Fsp3) is 0.417. The van der Waals surface area contributed by atoms with Gasteiger partial charge >= 0.3 is 0 Å². The Morgan fingerprint density at radius 1 is 1.56 bits per heavy atom. The summed E-state index contributed by atoms with van der Waals surface area (Å²) in [6.07, 6.45) is 2.01. The van der Waals surface area contributed by atoms with Crippen LogP contribution in [-0.2, 0) is 4.79 Å². The van der Waals surface area contributed by atoms with Crippen molar-refractivity contribution in [3.05, 3.63) is 24.0 Å². The number of anilines is 2. The van der Waals surface area contributed by atoms with Gasteiger partial charge in [0.05, 0.1) is 12.2 Å². The molecule has 1 aromatic carbocycles. The largest absolute Gasteiger partial charge is 0.399 e. The van der Waals surface area contributed by atoms with E-state index in [0.717, 1.165) is 12.3 Å². The van der Waals surface area contributed by atoms with E-state index in [1.54, 1.807) is 11.8 Å². The standard InChI is InChI=1S/C12H18FN3OS/c1-16(5-6-18-2)8-12(17)15-11-7-9(14)3-4-10(11)13/h3-4,7H,5-6,8,14H2,1-2H3,(H,15,17). The highest BCUT2D eigenvalue weighted by molar-refractivity contribution is 7.98. The highest BCUT2D eigenvalue weighted by atomic mass is 32.2. The number of hydrogen-bond donors (Lipinski definition) is 2. The number of nitrogens with one attached hydrogen (secondary N) is 1. The summed E-state index contributed by atoms with van der Waals surface area (Å²) in [5, 5.41) is 2.52. The number of thioether (sulfide) groups is 1. The van der Waals surface area contributed by atoms with Gasteiger partial charge in [0.1, 0.15) is 5.82 Å². The van der Waals surface area contributed by atoms with Crippen molar-refractivity contribution < 1.29 is 9.18 Å². The molecule has 0 spiro atoms. The number of carbonyl (C=O) groups excluding carboxylic acids is 1. The number of rotatable bonds is 6. The van der Waals surface area contributed by atoms with Crippen LogP contribution in [0.4, 0.5) is 15.8 Å². The molecule has 0 aliphatic heterocycles. The van der Waals surface area contributed by atoms with E-state index in [1.165, 1.54) is 18.2 Å². The van der Waals surface area contributed by atoms with Gasteiger partial charge < -0.3 is 11.1 Å². The summed E-state index contributed by atoms with van der Waals surface area (Å²) in [7, 11) is 1.85. The van der Waals surface area contributed by atoms with Gasteiger partial charge in [0.2, 0.25) is 5.91 Å². The summed E-state index contributed by atoms with van der Waals surface area (Å²) in [4.78, 5) is 13.6. The summed E-state index contributed by atoms with van der Waals surface area (Å²) in [5.41, 5.74) is 6.08. The maximum absolute atomic E-state index is 13.4. The molecule has 18 heavy (non-hydrogen) atoms. The van der Waals surface area contributed by atoms with Crippen LogP contribution < -0.4 is 11.1 Å². The molecule has 1 amide bonds. The average Bonchev–Trinajstić information content (AvgIpc) is 2.31. The predicted octanol–water partition coefficient (Wildman–Crippen LogP) is 1.64. The minimum absolute atomic E-state index is 0.123. The first-order chi connectivity index (χ1) is 8.52. The molecule has 0 saturated heterocycles. The Kier molecular flexibility index (Phi) is 5.94. The third kappa shape index (κ3) is 4.93. The van der Waals surface area contributed by atoms with Crippen molar-refractivity contribution in [2.24, 2.45) is 0 Å². The van der Waals surface area contributed by atoms with Crippen LogP contribution in [0.2, 0.25) is 0 Å². The lowest BCUT2D eigenvalue weighted by Crippen LogP contribution is -2.31. The molecule has 0 heterocycles. The molecule has 4 nitrogen and oxygen atoms in total. The van der Waals surface area contributed by atoms with Crippen molar-refractivity contribution in [2.75, 3.05) is 43.2 Å². The third-order valence-electron chi connectivity index (χ3n) is 2.36. The molecule has 0 radical (unpaired) electrons. The Morgan fingerprint density at radius 2 is 2.28 bits per heavy atom. The molecule has 0 atom stereocenters. The molecular weight excluding hydrogens is 253 g/mol. The van der Waals surface area contributed by atoms with Gasteiger partial charge in [-0.15, -0.1) is 0 Å². The van der Waals surface area contributed by atoms with Crippen LogP contribution in [0.5, 0.6) is 0 Å². The summed E-state index contributed by atoms with van der Waals surface area (Å²) in [5.74, 6) is 0.226. The molecule has 0 saturated carbocycles. The van der Waals surface area contributed by atoms with Crippen molar-refractivity contribution in [3.8, 4) is 0 Å². The zero-order valence-electron chi connectivity index (χ0n) is 10.6. The van der Waals surface area contributed by atoms with E-state index in [1.807, 2.05) is 18.2 Å². The quantitative estimate of drug-likeness (QED) is 0.772. The minimum Gasteiger partial charge on any atom is -0.399 e. The number of amides is 1. The third-order valence-corrected chi connectivity index (χ3v) is 2.95. The summed E-state index contributed by atoms with van der Waals surface area (Å²) >= 11 is 1.72. The number of nitrogen functional groups attached to an aromatic ring is 1. The molecule has 3 N–H and O–H groups in total. The Bertz CT molecular complexity index is 414. The van der Waals surface area contributed by atoms with Gasteiger partial charge in [-0.05, 0) is 31.5 Å². The first-order valence-electron chi connectivity index (χ1n) is 5.55. The average molecular weight is 271 g/mol. The summed E-state index contributed by atoms with van der Waals surface area (Å²) < 4.78 is 13.4. The number of nitrogens with zero attached hydrogens (tertiary/aromatic N) is 1. The van der Waals surface area contributed by atoms with Crippen molar-refractivity contribution in [1.29, 1.82) is 0 Å². The van der Waals surface area contributed by atoms with E-state index in [-0.39, 0.29) is 18.1 Å². The van der Waals surface area contributed by atoms with Crippen LogP contribution in [-0.4, -0.2) is 43.0 Å². The monoisotopic (exact) mass is 271 g/mol. The van der Waals surface area contributed by atoms with Crippen LogP contribution in [0, 0.1) is 5.82 Å². The molecule has 1 aromatic rings. The zero-order chi connectivity index (χ0) is 13.5. The number of benzene rings is 1. The van der Waals surface area contributed by atoms with E-state index in [9.17, 15) is 9.18 Å². The maximum atomic E-state index is 13.4. The van der Waals surface area contributed by atoms with E-state index in [2.05, 4.69) is 5.32 Å². The molecular formula is C12H18FN3OS. The summed E-state index contributed by atoms with van der Waals surface area (Å²) in [6.45, 7) is 1.04. The van der Waals surface area contributed by atoms with Gasteiger partial charge in [0.25, 0.3) is 0 Å². The van der Waals surface area contributed by atoms with Crippen LogP contribution in [0.3, 0.4) is 0 Å². The van der Waals surface area contributed by atoms with Gasteiger partial charge in [-0.2, -0.15) is 11.8 Å². The Labute approximate surface area is 111 Å². The van der Waals surface area contributed by atoms with Gasteiger partial charge in [-0.1, -0.05) is 0 Å². The second-order valence-corrected chi connectivity index (χ2v) is 5.00. The van der Waals surface area contributed by atoms with Crippen LogP contribution in [0.25, 0.3) is 0 Å². The maximum Gasteiger partial charge on any atom is 0.238 e. The van der Waals surface area contributed by atoms with Gasteiger partial charge in [-0.25, -0.2) is 4.39 Å². The highest BCUT2D eigenvalue weighted by Crippen LogP contribution is 2.17. The van der Waals surface area contributed by atoms with Gasteiger partial charge in [-0.3, -0.25) is 9.69 Å². The second kappa shape index (κ2) is 7.23. The second-order valence-electron chi connectivity index (χ2n) is 4.02. The smallest absolute Gasteiger partial charge is 0.238 e. The molecule has 0 unspecified atom stereocenters. The molecule has 0 aliphatic rings. The topological polar surface area (TPSA) is 58.4 Å². The number of hydrogen-bond acceptors (Lipinski definition) is 4. The van der Waals surface area contributed by atoms with Crippen LogP contribution >= 0.6 is 11.8 Å². The summed E-state index contributed by atoms with van der Waals surface area (Å²) in [6, 6.07) is 4.10. The predicted molar refractivity (Wildman–Crippen MR) is 75.3 cm³/mol. The number of carbonyl (C=O) groups is 1. The zero-order valence-corrected chi connectivity index (χ0v) is 11.4. The molecule has 0 bridgehead atoms. The van der Waals surface area contributed by atoms with E-state index in [4.69, 9.17) is 5.73 Å². The molecule has 0 aliphatic carbocycles. The van der Waals surface area contributed by atoms with Crippen molar-refractivity contribution in [3.63, 3.8) is 0 Å². The fourth-order valence-electron chi connectivity index (χ4n) is 1.40. The van der Waals surface area contributed by atoms with Gasteiger partial charge in [0, 0.05) is 18.0 Å². The fourth-order valence-corrected chi connectivity index (χ4v) is 1.89. The first-order valence-corrected chi connectivity index (χ1v) is 6.94. The lowest BCUT2D eigenvalue weighted by molar-refractivity contribution is -0.117. The molecule has 100 valence electrons. The van der Waals surface area contributed by atoms with Gasteiger partial charge in [0.15, 0.2) is 0 Å². The first kappa shape index (κ1) is 14.8. The number of likely N-dealkylation sites (N-methyl/N-ethyl adjacent to an activating group) is 1. The lowest BCUT2D eigenvalue weighted by Gasteiger charge is -2.15. The lowest BCUT2D eigenvalue weighted by atomic mass is 10.2. The number of halogens is 1. The Morgan fingerprint density at radius 3 is 2.94 bits per heavy atom. The Balaban J connectivity index is 2.51. The SMILES string of the molecule is CSCCN(C)CC(=O)Nc1cc(N)ccc1F. The van der Waals surface area contributed by atoms with Crippen molar-refractivity contribution in [1.82, 2.24) is 4.90 Å². The molecule has 1 rings (SSSR count). The van der Waals surface area contributed by atoms with E-state index in [0.29, 0.717) is 5.69 Å². The normalized spacial score (nSPS) is 10.7. The number of nitrogens with two attached hydrogens (primary N) is 1. The van der Waals surface area contributed by atoms with Crippen molar-refractivity contribution >= 4 is 29.0 Å². The minimum atomic E-state index is -0.482. The van der Waals surface area contributed by atoms with Crippen LogP contribution in [0.1, 0.15) is 0 Å².